The van der Waals surface area contributed by atoms with Crippen molar-refractivity contribution in [2.24, 2.45) is 0 Å². The molecule has 0 bridgehead atoms. The minimum absolute atomic E-state index is 0.0183. The molecule has 2 fully saturated rings. The van der Waals surface area contributed by atoms with Crippen LogP contribution in [-0.2, 0) is 12.7 Å². The van der Waals surface area contributed by atoms with Crippen molar-refractivity contribution in [1.29, 1.82) is 0 Å². The van der Waals surface area contributed by atoms with Crippen molar-refractivity contribution < 1.29 is 31.1 Å². The van der Waals surface area contributed by atoms with Crippen molar-refractivity contribution in [3.8, 4) is 5.75 Å². The van der Waals surface area contributed by atoms with Crippen LogP contribution in [0.4, 0.5) is 26.3 Å². The lowest BCUT2D eigenvalue weighted by molar-refractivity contribution is -0.274. The lowest BCUT2D eigenvalue weighted by Gasteiger charge is -2.43. The fraction of sp³-hybridized carbons (Fsp3) is 0.667. The van der Waals surface area contributed by atoms with Gasteiger partial charge < -0.3 is 20.3 Å². The molecule has 4 rings (SSSR count). The molecule has 47 heavy (non-hydrogen) atoms. The van der Waals surface area contributed by atoms with Gasteiger partial charge in [-0.25, -0.2) is 0 Å². The first-order valence-corrected chi connectivity index (χ1v) is 16.8. The largest absolute Gasteiger partial charge is 0.573 e. The van der Waals surface area contributed by atoms with Gasteiger partial charge in [-0.1, -0.05) is 45.9 Å². The quantitative estimate of drug-likeness (QED) is 0.236. The number of hydrogen-bond donors (Lipinski definition) is 2. The number of rotatable bonds is 11. The minimum atomic E-state index is -4.81. The highest BCUT2D eigenvalue weighted by molar-refractivity contribution is 5.37. The Hall–Kier alpha value is -2.34. The summed E-state index contributed by atoms with van der Waals surface area (Å²) in [6, 6.07) is 11.8. The molecule has 2 aliphatic rings. The Labute approximate surface area is 276 Å². The normalized spacial score (nSPS) is 26.1. The Morgan fingerprint density at radius 3 is 1.77 bits per heavy atom. The van der Waals surface area contributed by atoms with Gasteiger partial charge >= 0.3 is 12.5 Å². The molecule has 0 radical (unpaired) electrons. The molecular formula is C36H52F6N4O. The number of alkyl halides is 6. The van der Waals surface area contributed by atoms with Crippen molar-refractivity contribution in [3.05, 3.63) is 64.7 Å². The first-order chi connectivity index (χ1) is 21.9. The molecule has 0 spiro atoms. The second-order valence-electron chi connectivity index (χ2n) is 14.5. The third kappa shape index (κ3) is 10.6. The van der Waals surface area contributed by atoms with Crippen LogP contribution in [0.5, 0.6) is 5.75 Å². The molecule has 11 heteroatoms. The average molecular weight is 671 g/mol. The summed E-state index contributed by atoms with van der Waals surface area (Å²) in [6.07, 6.45) is -4.21. The third-order valence-corrected chi connectivity index (χ3v) is 9.79. The standard InChI is InChI=1S/C36H52F6N4O/c1-22(2)43-31-14-11-27(19-33(31)45(5)6)28-16-24(17-30(18-28)47-36(40,41)42)21-46(7)34-20-26(10-15-32(34)44-23(3)4)25-8-12-29(13-9-25)35(37,38)39/h8-9,12-13,16-18,22-23,26-27,31-34,43-44H,10-11,14-15,19-21H2,1-7H3/t26-,27-,31-,32-,33-,34-/m0/s1. The SMILES string of the molecule is CC(C)N[C@H]1CC[C@H](c2cc(CN(C)[C@H]3C[C@@H](c4ccc(C(F)(F)F)cc4)CC[C@@H]3NC(C)C)cc(OC(F)(F)F)c2)C[C@@H]1N(C)C. The highest BCUT2D eigenvalue weighted by Crippen LogP contribution is 2.40. The first kappa shape index (κ1) is 37.5. The predicted octanol–water partition coefficient (Wildman–Crippen LogP) is 8.30. The van der Waals surface area contributed by atoms with Gasteiger partial charge in [0.05, 0.1) is 5.56 Å². The molecule has 0 amide bonds. The Kier molecular flexibility index (Phi) is 12.3. The maximum absolute atomic E-state index is 13.5. The van der Waals surface area contributed by atoms with Crippen LogP contribution >= 0.6 is 0 Å². The van der Waals surface area contributed by atoms with E-state index in [0.29, 0.717) is 18.6 Å². The van der Waals surface area contributed by atoms with Crippen molar-refractivity contribution in [1.82, 2.24) is 20.4 Å². The van der Waals surface area contributed by atoms with Gasteiger partial charge in [-0.05, 0) is 112 Å². The molecule has 2 N–H and O–H groups in total. The third-order valence-electron chi connectivity index (χ3n) is 9.79. The number of likely N-dealkylation sites (N-methyl/N-ethyl adjacent to an activating group) is 2. The zero-order valence-corrected chi connectivity index (χ0v) is 28.7. The van der Waals surface area contributed by atoms with E-state index in [4.69, 9.17) is 0 Å². The lowest BCUT2D eigenvalue weighted by atomic mass is 9.77. The Morgan fingerprint density at radius 1 is 0.723 bits per heavy atom. The predicted molar refractivity (Wildman–Crippen MR) is 175 cm³/mol. The summed E-state index contributed by atoms with van der Waals surface area (Å²) < 4.78 is 84.6. The van der Waals surface area contributed by atoms with E-state index in [1.54, 1.807) is 18.2 Å². The van der Waals surface area contributed by atoms with Gasteiger partial charge in [-0.15, -0.1) is 13.2 Å². The number of nitrogens with one attached hydrogen (secondary N) is 2. The minimum Gasteiger partial charge on any atom is -0.406 e. The zero-order chi connectivity index (χ0) is 34.7. The molecule has 2 saturated carbocycles. The first-order valence-electron chi connectivity index (χ1n) is 16.8. The maximum Gasteiger partial charge on any atom is 0.573 e. The van der Waals surface area contributed by atoms with Gasteiger partial charge in [0.15, 0.2) is 0 Å². The number of benzene rings is 2. The molecule has 264 valence electrons. The van der Waals surface area contributed by atoms with Crippen LogP contribution < -0.4 is 15.4 Å². The second kappa shape index (κ2) is 15.5. The van der Waals surface area contributed by atoms with E-state index in [0.717, 1.165) is 67.3 Å². The molecule has 0 aromatic heterocycles. The van der Waals surface area contributed by atoms with Gasteiger partial charge in [0.25, 0.3) is 0 Å². The monoisotopic (exact) mass is 670 g/mol. The van der Waals surface area contributed by atoms with E-state index >= 15 is 0 Å². The maximum atomic E-state index is 13.5. The Morgan fingerprint density at radius 2 is 1.26 bits per heavy atom. The van der Waals surface area contributed by atoms with Gasteiger partial charge in [0.2, 0.25) is 0 Å². The van der Waals surface area contributed by atoms with Gasteiger partial charge in [0, 0.05) is 42.8 Å². The smallest absolute Gasteiger partial charge is 0.406 e. The van der Waals surface area contributed by atoms with E-state index in [-0.39, 0.29) is 41.8 Å². The van der Waals surface area contributed by atoms with E-state index in [1.807, 2.05) is 13.1 Å². The summed E-state index contributed by atoms with van der Waals surface area (Å²) in [5.41, 5.74) is 1.81. The fourth-order valence-electron chi connectivity index (χ4n) is 7.76. The molecule has 2 aromatic rings. The number of hydrogen-bond acceptors (Lipinski definition) is 5. The van der Waals surface area contributed by atoms with Crippen LogP contribution in [0.2, 0.25) is 0 Å². The summed E-state index contributed by atoms with van der Waals surface area (Å²) in [7, 11) is 6.08. The van der Waals surface area contributed by atoms with Crippen LogP contribution in [0, 0.1) is 0 Å². The average Bonchev–Trinajstić information content (AvgIpc) is 2.95. The molecule has 0 saturated heterocycles. The van der Waals surface area contributed by atoms with E-state index in [9.17, 15) is 26.3 Å². The summed E-state index contributed by atoms with van der Waals surface area (Å²) in [5.74, 6) is -0.0455. The summed E-state index contributed by atoms with van der Waals surface area (Å²) in [4.78, 5) is 4.38. The summed E-state index contributed by atoms with van der Waals surface area (Å²) in [5, 5.41) is 7.33. The van der Waals surface area contributed by atoms with E-state index in [1.165, 1.54) is 6.07 Å². The van der Waals surface area contributed by atoms with E-state index in [2.05, 4.69) is 67.0 Å². The van der Waals surface area contributed by atoms with Crippen LogP contribution in [0.15, 0.2) is 42.5 Å². The van der Waals surface area contributed by atoms with E-state index < -0.39 is 18.1 Å². The molecule has 0 unspecified atom stereocenters. The lowest BCUT2D eigenvalue weighted by Crippen LogP contribution is -2.53. The molecule has 0 aliphatic heterocycles. The molecule has 6 atom stereocenters. The molecule has 2 aromatic carbocycles. The van der Waals surface area contributed by atoms with Gasteiger partial charge in [0.1, 0.15) is 5.75 Å². The Balaban J connectivity index is 1.59. The van der Waals surface area contributed by atoms with Gasteiger partial charge in [-0.3, -0.25) is 4.90 Å². The second-order valence-corrected chi connectivity index (χ2v) is 14.5. The van der Waals surface area contributed by atoms with Crippen LogP contribution in [0.1, 0.15) is 100 Å². The Bertz CT molecular complexity index is 1280. The topological polar surface area (TPSA) is 39.8 Å². The zero-order valence-electron chi connectivity index (χ0n) is 28.7. The number of nitrogens with zero attached hydrogens (tertiary/aromatic N) is 2. The van der Waals surface area contributed by atoms with Crippen LogP contribution in [0.25, 0.3) is 0 Å². The van der Waals surface area contributed by atoms with Crippen molar-refractivity contribution >= 4 is 0 Å². The van der Waals surface area contributed by atoms with Crippen molar-refractivity contribution in [2.45, 2.75) is 133 Å². The highest BCUT2D eigenvalue weighted by Gasteiger charge is 2.37. The molecule has 2 aliphatic carbocycles. The number of halogens is 6. The van der Waals surface area contributed by atoms with Gasteiger partial charge in [-0.2, -0.15) is 13.2 Å². The molecule has 0 heterocycles. The molecular weight excluding hydrogens is 618 g/mol. The number of ether oxygens (including phenoxy) is 1. The summed E-state index contributed by atoms with van der Waals surface area (Å²) >= 11 is 0. The van der Waals surface area contributed by atoms with Crippen molar-refractivity contribution in [2.75, 3.05) is 21.1 Å². The summed E-state index contributed by atoms with van der Waals surface area (Å²) in [6.45, 7) is 8.81. The van der Waals surface area contributed by atoms with Crippen LogP contribution in [0.3, 0.4) is 0 Å². The highest BCUT2D eigenvalue weighted by atomic mass is 19.4. The fourth-order valence-corrected chi connectivity index (χ4v) is 7.76. The van der Waals surface area contributed by atoms with Crippen molar-refractivity contribution in [3.63, 3.8) is 0 Å². The van der Waals surface area contributed by atoms with Crippen LogP contribution in [-0.4, -0.2) is 73.6 Å². The molecule has 5 nitrogen and oxygen atoms in total.